The maximum atomic E-state index is 13.8. The van der Waals surface area contributed by atoms with Crippen molar-refractivity contribution >= 4 is 11.7 Å². The van der Waals surface area contributed by atoms with Gasteiger partial charge in [-0.15, -0.1) is 0 Å². The Bertz CT molecular complexity index is 1100. The lowest BCUT2D eigenvalue weighted by Crippen LogP contribution is -2.49. The summed E-state index contributed by atoms with van der Waals surface area (Å²) >= 11 is 0. The summed E-state index contributed by atoms with van der Waals surface area (Å²) in [6.07, 6.45) is 0.387. The molecule has 1 saturated heterocycles. The van der Waals surface area contributed by atoms with E-state index in [2.05, 4.69) is 4.74 Å². The molecular weight excluding hydrogens is 493 g/mol. The van der Waals surface area contributed by atoms with Gasteiger partial charge in [-0.25, -0.2) is 13.2 Å². The van der Waals surface area contributed by atoms with Gasteiger partial charge in [-0.3, -0.25) is 4.79 Å². The molecule has 7 nitrogen and oxygen atoms in total. The van der Waals surface area contributed by atoms with Crippen molar-refractivity contribution in [2.75, 3.05) is 40.0 Å². The molecule has 1 aliphatic rings. The number of amides is 1. The molecule has 1 fully saturated rings. The number of ketones is 1. The number of halogens is 5. The van der Waals surface area contributed by atoms with E-state index in [-0.39, 0.29) is 32.1 Å². The van der Waals surface area contributed by atoms with Crippen LogP contribution in [0.5, 0.6) is 17.2 Å². The number of aryl methyl sites for hydroxylation is 1. The smallest absolute Gasteiger partial charge is 0.260 e. The summed E-state index contributed by atoms with van der Waals surface area (Å²) in [4.78, 5) is 24.9. The topological polar surface area (TPSA) is 74.3 Å². The fourth-order valence-electron chi connectivity index (χ4n) is 3.47. The van der Waals surface area contributed by atoms with Gasteiger partial charge in [0.15, 0.2) is 23.9 Å². The zero-order valence-electron chi connectivity index (χ0n) is 19.5. The van der Waals surface area contributed by atoms with Crippen molar-refractivity contribution in [2.24, 2.45) is 0 Å². The molecule has 1 unspecified atom stereocenters. The maximum Gasteiger partial charge on any atom is 0.260 e. The zero-order valence-corrected chi connectivity index (χ0v) is 19.5. The van der Waals surface area contributed by atoms with Gasteiger partial charge >= 0.3 is 0 Å². The Morgan fingerprint density at radius 3 is 2.31 bits per heavy atom. The Morgan fingerprint density at radius 1 is 1.00 bits per heavy atom. The molecule has 0 N–H and O–H groups in total. The summed E-state index contributed by atoms with van der Waals surface area (Å²) in [6, 6.07) is 5.25. The van der Waals surface area contributed by atoms with Gasteiger partial charge in [-0.05, 0) is 31.0 Å². The van der Waals surface area contributed by atoms with Crippen LogP contribution in [0.25, 0.3) is 0 Å². The van der Waals surface area contributed by atoms with Crippen molar-refractivity contribution in [3.05, 3.63) is 52.8 Å². The number of nitrogens with zero attached hydrogens (tertiary/aromatic N) is 1. The first-order valence-electron chi connectivity index (χ1n) is 10.9. The average molecular weight is 517 g/mol. The van der Waals surface area contributed by atoms with Crippen LogP contribution in [0.2, 0.25) is 0 Å². The van der Waals surface area contributed by atoms with Crippen molar-refractivity contribution in [1.29, 1.82) is 0 Å². The van der Waals surface area contributed by atoms with E-state index in [1.807, 2.05) is 0 Å². The van der Waals surface area contributed by atoms with Gasteiger partial charge in [0.05, 0.1) is 20.3 Å². The van der Waals surface area contributed by atoms with E-state index in [0.29, 0.717) is 24.3 Å². The van der Waals surface area contributed by atoms with E-state index >= 15 is 0 Å². The minimum Gasteiger partial charge on any atom is -0.493 e. The van der Waals surface area contributed by atoms with Gasteiger partial charge in [0.1, 0.15) is 18.5 Å². The summed E-state index contributed by atoms with van der Waals surface area (Å²) in [5, 5.41) is 0. The lowest BCUT2D eigenvalue weighted by molar-refractivity contribution is -0.142. The zero-order chi connectivity index (χ0) is 26.4. The molecule has 1 aliphatic heterocycles. The molecule has 36 heavy (non-hydrogen) atoms. The summed E-state index contributed by atoms with van der Waals surface area (Å²) in [7, 11) is 1.47. The van der Waals surface area contributed by atoms with Crippen molar-refractivity contribution in [1.82, 2.24) is 4.90 Å². The number of morpholine rings is 1. The van der Waals surface area contributed by atoms with Crippen LogP contribution in [0, 0.1) is 29.1 Å². The lowest BCUT2D eigenvalue weighted by Gasteiger charge is -2.32. The SMILES string of the molecule is COc1cc(CCC(C)=O)ccc1OCC1CN(C(=O)COc2c(F)c(F)c(F)c(F)c2F)CCO1. The minimum atomic E-state index is -2.32. The van der Waals surface area contributed by atoms with Gasteiger partial charge in [0, 0.05) is 13.0 Å². The number of carbonyl (C=O) groups is 2. The van der Waals surface area contributed by atoms with Crippen LogP contribution in [0.3, 0.4) is 0 Å². The van der Waals surface area contributed by atoms with Crippen LogP contribution >= 0.6 is 0 Å². The van der Waals surface area contributed by atoms with Crippen LogP contribution in [0.15, 0.2) is 18.2 Å². The highest BCUT2D eigenvalue weighted by atomic mass is 19.2. The molecule has 0 spiro atoms. The van der Waals surface area contributed by atoms with Gasteiger partial charge in [0.2, 0.25) is 29.1 Å². The standard InChI is InChI=1S/C24H24F5NO6/c1-13(31)3-4-14-5-6-16(17(9-14)33-2)35-11-15-10-30(7-8-34-15)18(32)12-36-24-22(28)20(26)19(25)21(27)23(24)29/h5-6,9,15H,3-4,7-8,10-12H2,1-2H3. The number of Topliss-reactive ketones (excluding diaryl/α,β-unsaturated/α-hetero) is 1. The van der Waals surface area contributed by atoms with Crippen LogP contribution in [0.4, 0.5) is 22.0 Å². The normalized spacial score (nSPS) is 15.5. The van der Waals surface area contributed by atoms with E-state index in [1.165, 1.54) is 18.9 Å². The number of benzene rings is 2. The molecule has 0 saturated carbocycles. The molecule has 0 aromatic heterocycles. The molecule has 12 heteroatoms. The molecule has 0 aliphatic carbocycles. The molecule has 0 radical (unpaired) electrons. The van der Waals surface area contributed by atoms with E-state index in [4.69, 9.17) is 14.2 Å². The van der Waals surface area contributed by atoms with Crippen LogP contribution in [0.1, 0.15) is 18.9 Å². The maximum absolute atomic E-state index is 13.8. The number of ether oxygens (including phenoxy) is 4. The van der Waals surface area contributed by atoms with Gasteiger partial charge in [-0.1, -0.05) is 6.07 Å². The van der Waals surface area contributed by atoms with E-state index in [1.54, 1.807) is 18.2 Å². The van der Waals surface area contributed by atoms with Crippen molar-refractivity contribution < 1.29 is 50.5 Å². The molecule has 2 aromatic carbocycles. The first kappa shape index (κ1) is 27.2. The Labute approximate surface area is 203 Å². The van der Waals surface area contributed by atoms with Crippen molar-refractivity contribution in [3.63, 3.8) is 0 Å². The number of rotatable bonds is 10. The molecule has 0 bridgehead atoms. The quantitative estimate of drug-likeness (QED) is 0.273. The third kappa shape index (κ3) is 6.42. The first-order valence-corrected chi connectivity index (χ1v) is 10.9. The number of methoxy groups -OCH3 is 1. The molecule has 1 amide bonds. The number of hydrogen-bond acceptors (Lipinski definition) is 6. The summed E-state index contributed by atoms with van der Waals surface area (Å²) < 4.78 is 88.6. The third-order valence-corrected chi connectivity index (χ3v) is 5.42. The second-order valence-electron chi connectivity index (χ2n) is 8.02. The highest BCUT2D eigenvalue weighted by Gasteiger charge is 2.29. The van der Waals surface area contributed by atoms with E-state index < -0.39 is 53.5 Å². The predicted molar refractivity (Wildman–Crippen MR) is 116 cm³/mol. The van der Waals surface area contributed by atoms with Crippen LogP contribution in [-0.4, -0.2) is 62.7 Å². The fraction of sp³-hybridized carbons (Fsp3) is 0.417. The van der Waals surface area contributed by atoms with E-state index in [9.17, 15) is 31.5 Å². The third-order valence-electron chi connectivity index (χ3n) is 5.42. The lowest BCUT2D eigenvalue weighted by atomic mass is 10.1. The second kappa shape index (κ2) is 12.0. The number of hydrogen-bond donors (Lipinski definition) is 0. The molecular formula is C24H24F5NO6. The summed E-state index contributed by atoms with van der Waals surface area (Å²) in [6.45, 7) is 0.899. The monoisotopic (exact) mass is 517 g/mol. The predicted octanol–water partition coefficient (Wildman–Crippen LogP) is 3.60. The van der Waals surface area contributed by atoms with Gasteiger partial charge in [-0.2, -0.15) is 8.78 Å². The summed E-state index contributed by atoms with van der Waals surface area (Å²) in [5.41, 5.74) is 0.897. The molecule has 3 rings (SSSR count). The summed E-state index contributed by atoms with van der Waals surface area (Å²) in [5.74, 6) is -12.3. The fourth-order valence-corrected chi connectivity index (χ4v) is 3.47. The molecule has 196 valence electrons. The largest absolute Gasteiger partial charge is 0.493 e. The minimum absolute atomic E-state index is 0.0332. The molecule has 1 atom stereocenters. The second-order valence-corrected chi connectivity index (χ2v) is 8.02. The van der Waals surface area contributed by atoms with Crippen molar-refractivity contribution in [3.8, 4) is 17.2 Å². The first-order chi connectivity index (χ1) is 17.1. The van der Waals surface area contributed by atoms with Gasteiger partial charge < -0.3 is 28.6 Å². The highest BCUT2D eigenvalue weighted by Crippen LogP contribution is 2.30. The Balaban J connectivity index is 1.56. The van der Waals surface area contributed by atoms with Crippen LogP contribution in [-0.2, 0) is 20.7 Å². The Morgan fingerprint density at radius 2 is 1.67 bits per heavy atom. The average Bonchev–Trinajstić information content (AvgIpc) is 2.88. The van der Waals surface area contributed by atoms with Gasteiger partial charge in [0.25, 0.3) is 5.91 Å². The Hall–Kier alpha value is -3.41. The van der Waals surface area contributed by atoms with E-state index in [0.717, 1.165) is 5.56 Å². The number of carbonyl (C=O) groups excluding carboxylic acids is 2. The van der Waals surface area contributed by atoms with Crippen molar-refractivity contribution in [2.45, 2.75) is 25.9 Å². The molecule has 1 heterocycles. The molecule has 2 aromatic rings. The van der Waals surface area contributed by atoms with Crippen LogP contribution < -0.4 is 14.2 Å². The Kier molecular flexibility index (Phi) is 9.08. The highest BCUT2D eigenvalue weighted by molar-refractivity contribution is 5.78.